The number of allylic oxidation sites excluding steroid dienone is 2. The Kier molecular flexibility index (Phi) is 6.68. The monoisotopic (exact) mass is 140 g/mol. The van der Waals surface area contributed by atoms with Gasteiger partial charge in [0.25, 0.3) is 0 Å². The Morgan fingerprint density at radius 1 is 1.20 bits per heavy atom. The van der Waals surface area contributed by atoms with Crippen molar-refractivity contribution in [3.63, 3.8) is 0 Å². The number of hydrogen-bond donors (Lipinski definition) is 0. The Labute approximate surface area is 65.3 Å². The second-order valence-corrected chi connectivity index (χ2v) is 3.01. The van der Waals surface area contributed by atoms with Crippen LogP contribution in [0.5, 0.6) is 0 Å². The van der Waals surface area contributed by atoms with E-state index in [1.165, 1.54) is 25.7 Å². The Hall–Kier alpha value is -0.260. The molecule has 0 aromatic carbocycles. The van der Waals surface area contributed by atoms with Crippen LogP contribution in [-0.4, -0.2) is 0 Å². The highest BCUT2D eigenvalue weighted by molar-refractivity contribution is 4.81. The van der Waals surface area contributed by atoms with Crippen molar-refractivity contribution in [3.8, 4) is 0 Å². The van der Waals surface area contributed by atoms with Gasteiger partial charge >= 0.3 is 0 Å². The maximum atomic E-state index is 2.32. The first-order valence-corrected chi connectivity index (χ1v) is 4.46. The van der Waals surface area contributed by atoms with Crippen molar-refractivity contribution in [2.24, 2.45) is 5.92 Å². The van der Waals surface area contributed by atoms with Crippen molar-refractivity contribution in [1.29, 1.82) is 0 Å². The van der Waals surface area contributed by atoms with E-state index in [1.807, 2.05) is 0 Å². The van der Waals surface area contributed by atoms with Gasteiger partial charge in [-0.25, -0.2) is 0 Å². The van der Waals surface area contributed by atoms with Crippen LogP contribution in [0.1, 0.15) is 46.5 Å². The maximum absolute atomic E-state index is 2.32. The second-order valence-electron chi connectivity index (χ2n) is 3.01. The third kappa shape index (κ3) is 5.87. The molecule has 0 aliphatic heterocycles. The van der Waals surface area contributed by atoms with Crippen LogP contribution in [0.2, 0.25) is 0 Å². The third-order valence-corrected chi connectivity index (χ3v) is 1.72. The molecule has 10 heavy (non-hydrogen) atoms. The molecule has 0 fully saturated rings. The van der Waals surface area contributed by atoms with Gasteiger partial charge in [-0.15, -0.1) is 0 Å². The zero-order valence-corrected chi connectivity index (χ0v) is 7.56. The van der Waals surface area contributed by atoms with E-state index in [0.29, 0.717) is 0 Å². The zero-order chi connectivity index (χ0) is 7.82. The highest BCUT2D eigenvalue weighted by Crippen LogP contribution is 2.09. The lowest BCUT2D eigenvalue weighted by Gasteiger charge is -2.04. The second kappa shape index (κ2) is 6.85. The van der Waals surface area contributed by atoms with Gasteiger partial charge in [0.1, 0.15) is 0 Å². The molecule has 0 bridgehead atoms. The Bertz CT molecular complexity index is 82.0. The van der Waals surface area contributed by atoms with Crippen LogP contribution in [0.15, 0.2) is 12.2 Å². The van der Waals surface area contributed by atoms with Crippen molar-refractivity contribution < 1.29 is 0 Å². The summed E-state index contributed by atoms with van der Waals surface area (Å²) in [5.41, 5.74) is 0. The molecule has 0 heterocycles. The summed E-state index contributed by atoms with van der Waals surface area (Å²) in [6.07, 6.45) is 9.70. The molecule has 0 nitrogen and oxygen atoms in total. The molecule has 0 radical (unpaired) electrons. The molecule has 0 heteroatoms. The van der Waals surface area contributed by atoms with Gasteiger partial charge in [0, 0.05) is 0 Å². The molecule has 60 valence electrons. The first-order valence-electron chi connectivity index (χ1n) is 4.46. The first-order chi connectivity index (χ1) is 4.81. The van der Waals surface area contributed by atoms with E-state index in [1.54, 1.807) is 0 Å². The van der Waals surface area contributed by atoms with Gasteiger partial charge < -0.3 is 0 Å². The molecule has 1 unspecified atom stereocenters. The van der Waals surface area contributed by atoms with Crippen LogP contribution < -0.4 is 0 Å². The highest BCUT2D eigenvalue weighted by atomic mass is 14.0. The summed E-state index contributed by atoms with van der Waals surface area (Å²) in [4.78, 5) is 0. The van der Waals surface area contributed by atoms with E-state index in [2.05, 4.69) is 32.9 Å². The fourth-order valence-electron chi connectivity index (χ4n) is 1.11. The van der Waals surface area contributed by atoms with Crippen molar-refractivity contribution in [2.45, 2.75) is 46.5 Å². The molecule has 0 amide bonds. The van der Waals surface area contributed by atoms with Gasteiger partial charge in [-0.05, 0) is 18.8 Å². The molecule has 0 aliphatic carbocycles. The summed E-state index contributed by atoms with van der Waals surface area (Å²) in [5, 5.41) is 0. The molecule has 0 aliphatic rings. The largest absolute Gasteiger partial charge is 0.0888 e. The van der Waals surface area contributed by atoms with Gasteiger partial charge in [0.15, 0.2) is 0 Å². The van der Waals surface area contributed by atoms with Gasteiger partial charge in [-0.2, -0.15) is 0 Å². The van der Waals surface area contributed by atoms with Crippen molar-refractivity contribution >= 4 is 0 Å². The first kappa shape index (κ1) is 9.74. The lowest BCUT2D eigenvalue weighted by atomic mass is 10.0. The lowest BCUT2D eigenvalue weighted by Crippen LogP contribution is -1.90. The number of rotatable bonds is 5. The standard InChI is InChI=1S/C10H20/c1-4-6-7-9-10(3)8-5-2/h6-7,10H,4-5,8-9H2,1-3H3/b7-6+. The quantitative estimate of drug-likeness (QED) is 0.510. The molecule has 0 aromatic rings. The van der Waals surface area contributed by atoms with Crippen LogP contribution in [0.25, 0.3) is 0 Å². The Morgan fingerprint density at radius 3 is 2.40 bits per heavy atom. The third-order valence-electron chi connectivity index (χ3n) is 1.72. The molecular weight excluding hydrogens is 120 g/mol. The fourth-order valence-corrected chi connectivity index (χ4v) is 1.11. The normalized spacial score (nSPS) is 14.3. The Balaban J connectivity index is 3.20. The van der Waals surface area contributed by atoms with E-state index in [0.717, 1.165) is 5.92 Å². The smallest absolute Gasteiger partial charge is 0.0325 e. The average Bonchev–Trinajstić information content (AvgIpc) is 1.89. The molecule has 0 aromatic heterocycles. The lowest BCUT2D eigenvalue weighted by molar-refractivity contribution is 0.531. The molecule has 0 rings (SSSR count). The van der Waals surface area contributed by atoms with Crippen LogP contribution in [-0.2, 0) is 0 Å². The van der Waals surface area contributed by atoms with E-state index < -0.39 is 0 Å². The van der Waals surface area contributed by atoms with E-state index in [4.69, 9.17) is 0 Å². The predicted molar refractivity (Wildman–Crippen MR) is 48.1 cm³/mol. The maximum Gasteiger partial charge on any atom is -0.0325 e. The van der Waals surface area contributed by atoms with Gasteiger partial charge in [-0.1, -0.05) is 45.8 Å². The topological polar surface area (TPSA) is 0 Å². The van der Waals surface area contributed by atoms with Crippen LogP contribution in [0, 0.1) is 5.92 Å². The highest BCUT2D eigenvalue weighted by Gasteiger charge is 1.95. The minimum absolute atomic E-state index is 0.882. The van der Waals surface area contributed by atoms with Crippen LogP contribution >= 0.6 is 0 Å². The van der Waals surface area contributed by atoms with Crippen molar-refractivity contribution in [2.75, 3.05) is 0 Å². The average molecular weight is 140 g/mol. The van der Waals surface area contributed by atoms with E-state index in [9.17, 15) is 0 Å². The summed E-state index contributed by atoms with van der Waals surface area (Å²) in [7, 11) is 0. The fraction of sp³-hybridized carbons (Fsp3) is 0.800. The molecule has 0 N–H and O–H groups in total. The summed E-state index contributed by atoms with van der Waals surface area (Å²) in [6, 6.07) is 0. The van der Waals surface area contributed by atoms with Gasteiger partial charge in [0.05, 0.1) is 0 Å². The zero-order valence-electron chi connectivity index (χ0n) is 7.56. The van der Waals surface area contributed by atoms with Crippen molar-refractivity contribution in [3.05, 3.63) is 12.2 Å². The minimum atomic E-state index is 0.882. The van der Waals surface area contributed by atoms with Gasteiger partial charge in [-0.3, -0.25) is 0 Å². The van der Waals surface area contributed by atoms with Crippen molar-refractivity contribution in [1.82, 2.24) is 0 Å². The molecule has 0 saturated carbocycles. The minimum Gasteiger partial charge on any atom is -0.0888 e. The summed E-state index contributed by atoms with van der Waals surface area (Å²) in [6.45, 7) is 6.75. The summed E-state index contributed by atoms with van der Waals surface area (Å²) >= 11 is 0. The van der Waals surface area contributed by atoms with E-state index >= 15 is 0 Å². The van der Waals surface area contributed by atoms with Crippen LogP contribution in [0.4, 0.5) is 0 Å². The predicted octanol–water partition coefficient (Wildman–Crippen LogP) is 3.78. The summed E-state index contributed by atoms with van der Waals surface area (Å²) < 4.78 is 0. The molecular formula is C10H20. The molecule has 0 saturated heterocycles. The Morgan fingerprint density at radius 2 is 1.90 bits per heavy atom. The van der Waals surface area contributed by atoms with Crippen LogP contribution in [0.3, 0.4) is 0 Å². The SMILES string of the molecule is CC/C=C/CC(C)CCC. The number of hydrogen-bond acceptors (Lipinski definition) is 0. The van der Waals surface area contributed by atoms with E-state index in [-0.39, 0.29) is 0 Å². The molecule has 1 atom stereocenters. The summed E-state index contributed by atoms with van der Waals surface area (Å²) in [5.74, 6) is 0.882. The van der Waals surface area contributed by atoms with Gasteiger partial charge in [0.2, 0.25) is 0 Å². The molecule has 0 spiro atoms.